The first kappa shape index (κ1) is 22.3. The minimum absolute atomic E-state index is 0.134. The minimum Gasteiger partial charge on any atom is -0.483 e. The third-order valence-electron chi connectivity index (χ3n) is 5.42. The molecular weight excluding hydrogens is 388 g/mol. The van der Waals surface area contributed by atoms with Crippen LogP contribution in [0.15, 0.2) is 66.7 Å². The van der Waals surface area contributed by atoms with Crippen molar-refractivity contribution in [2.24, 2.45) is 0 Å². The van der Waals surface area contributed by atoms with E-state index in [2.05, 4.69) is 5.32 Å². The molecule has 3 aromatic carbocycles. The molecule has 3 rings (SSSR count). The molecule has 0 fully saturated rings. The molecule has 3 aromatic rings. The molecule has 31 heavy (non-hydrogen) atoms. The summed E-state index contributed by atoms with van der Waals surface area (Å²) < 4.78 is 5.92. The average molecular weight is 419 g/mol. The fraction of sp³-hybridized carbons (Fsp3) is 0.308. The van der Waals surface area contributed by atoms with E-state index in [0.717, 1.165) is 28.3 Å². The van der Waals surface area contributed by atoms with Crippen LogP contribution in [0.2, 0.25) is 0 Å². The van der Waals surface area contributed by atoms with Crippen molar-refractivity contribution in [2.75, 3.05) is 13.2 Å². The molecule has 0 radical (unpaired) electrons. The zero-order chi connectivity index (χ0) is 22.2. The van der Waals surface area contributed by atoms with Gasteiger partial charge in [0.25, 0.3) is 5.91 Å². The van der Waals surface area contributed by atoms with Crippen LogP contribution in [-0.4, -0.2) is 35.9 Å². The van der Waals surface area contributed by atoms with E-state index in [9.17, 15) is 9.59 Å². The zero-order valence-electron chi connectivity index (χ0n) is 18.4. The lowest BCUT2D eigenvalue weighted by Gasteiger charge is -2.29. The van der Waals surface area contributed by atoms with Crippen LogP contribution in [0, 0.1) is 6.92 Å². The summed E-state index contributed by atoms with van der Waals surface area (Å²) >= 11 is 0. The van der Waals surface area contributed by atoms with Crippen molar-refractivity contribution in [2.45, 2.75) is 39.8 Å². The molecule has 0 aliphatic heterocycles. The van der Waals surface area contributed by atoms with E-state index < -0.39 is 6.04 Å². The summed E-state index contributed by atoms with van der Waals surface area (Å²) in [6.45, 7) is 6.57. The number of carbonyl (C=O) groups excluding carboxylic acids is 2. The van der Waals surface area contributed by atoms with Gasteiger partial charge in [0, 0.05) is 18.5 Å². The maximum atomic E-state index is 13.2. The number of amides is 2. The number of nitrogens with zero attached hydrogens (tertiary/aromatic N) is 1. The summed E-state index contributed by atoms with van der Waals surface area (Å²) in [4.78, 5) is 27.4. The number of nitrogens with one attached hydrogen (secondary N) is 1. The third kappa shape index (κ3) is 5.63. The summed E-state index contributed by atoms with van der Waals surface area (Å²) in [6, 6.07) is 21.0. The largest absolute Gasteiger partial charge is 0.483 e. The molecule has 1 N–H and O–H groups in total. The highest BCUT2D eigenvalue weighted by atomic mass is 16.5. The van der Waals surface area contributed by atoms with Gasteiger partial charge < -0.3 is 15.0 Å². The van der Waals surface area contributed by atoms with Gasteiger partial charge in [0.1, 0.15) is 11.8 Å². The Balaban J connectivity index is 1.79. The topological polar surface area (TPSA) is 58.6 Å². The first-order valence-electron chi connectivity index (χ1n) is 10.7. The Morgan fingerprint density at radius 2 is 1.71 bits per heavy atom. The first-order valence-corrected chi connectivity index (χ1v) is 10.7. The van der Waals surface area contributed by atoms with E-state index in [0.29, 0.717) is 18.8 Å². The number of benzene rings is 3. The van der Waals surface area contributed by atoms with Crippen molar-refractivity contribution in [1.29, 1.82) is 0 Å². The van der Waals surface area contributed by atoms with E-state index in [1.165, 1.54) is 0 Å². The van der Waals surface area contributed by atoms with Gasteiger partial charge in [0.05, 0.1) is 0 Å². The molecule has 2 amide bonds. The van der Waals surface area contributed by atoms with Gasteiger partial charge in [0.2, 0.25) is 5.91 Å². The molecule has 5 nitrogen and oxygen atoms in total. The Bertz CT molecular complexity index is 1040. The van der Waals surface area contributed by atoms with E-state index in [-0.39, 0.29) is 18.4 Å². The van der Waals surface area contributed by atoms with Crippen LogP contribution in [0.3, 0.4) is 0 Å². The van der Waals surface area contributed by atoms with E-state index in [1.807, 2.05) is 80.6 Å². The smallest absolute Gasteiger partial charge is 0.261 e. The highest BCUT2D eigenvalue weighted by Crippen LogP contribution is 2.25. The fourth-order valence-electron chi connectivity index (χ4n) is 3.49. The molecule has 0 aliphatic carbocycles. The van der Waals surface area contributed by atoms with Gasteiger partial charge in [-0.05, 0) is 42.8 Å². The summed E-state index contributed by atoms with van der Waals surface area (Å²) in [5.74, 6) is 0.273. The molecule has 5 heteroatoms. The standard InChI is InChI=1S/C26H30N2O3/c1-4-16-27-26(30)20(3)28(17-22-12-6-5-10-19(22)2)25(29)18-31-24-15-9-13-21-11-7-8-14-23(21)24/h5-15,20H,4,16-18H2,1-3H3,(H,27,30)/t20-/m0/s1. The van der Waals surface area contributed by atoms with Gasteiger partial charge in [-0.3, -0.25) is 9.59 Å². The Kier molecular flexibility index (Phi) is 7.65. The summed E-state index contributed by atoms with van der Waals surface area (Å²) in [7, 11) is 0. The Morgan fingerprint density at radius 3 is 2.48 bits per heavy atom. The van der Waals surface area contributed by atoms with E-state index >= 15 is 0 Å². The van der Waals surface area contributed by atoms with E-state index in [1.54, 1.807) is 11.8 Å². The number of hydrogen-bond acceptors (Lipinski definition) is 3. The predicted molar refractivity (Wildman–Crippen MR) is 124 cm³/mol. The second-order valence-corrected chi connectivity index (χ2v) is 7.68. The molecular formula is C26H30N2O3. The highest BCUT2D eigenvalue weighted by molar-refractivity contribution is 5.90. The molecule has 0 unspecified atom stereocenters. The summed E-state index contributed by atoms with van der Waals surface area (Å²) in [5, 5.41) is 4.90. The molecule has 0 saturated carbocycles. The van der Waals surface area contributed by atoms with Crippen LogP contribution < -0.4 is 10.1 Å². The van der Waals surface area contributed by atoms with Crippen molar-refractivity contribution in [3.05, 3.63) is 77.9 Å². The lowest BCUT2D eigenvalue weighted by atomic mass is 10.1. The molecule has 0 aliphatic rings. The lowest BCUT2D eigenvalue weighted by molar-refractivity contribution is -0.142. The van der Waals surface area contributed by atoms with Crippen molar-refractivity contribution in [3.63, 3.8) is 0 Å². The van der Waals surface area contributed by atoms with Crippen LogP contribution in [0.4, 0.5) is 0 Å². The van der Waals surface area contributed by atoms with Crippen LogP contribution in [0.5, 0.6) is 5.75 Å². The number of ether oxygens (including phenoxy) is 1. The Labute approximate surface area is 184 Å². The predicted octanol–water partition coefficient (Wildman–Crippen LogP) is 4.47. The molecule has 0 saturated heterocycles. The third-order valence-corrected chi connectivity index (χ3v) is 5.42. The van der Waals surface area contributed by atoms with Gasteiger partial charge in [-0.25, -0.2) is 0 Å². The lowest BCUT2D eigenvalue weighted by Crippen LogP contribution is -2.49. The van der Waals surface area contributed by atoms with E-state index in [4.69, 9.17) is 4.74 Å². The van der Waals surface area contributed by atoms with Crippen LogP contribution in [0.1, 0.15) is 31.4 Å². The SMILES string of the molecule is CCCNC(=O)[C@H](C)N(Cc1ccccc1C)C(=O)COc1cccc2ccccc12. The van der Waals surface area contributed by atoms with Crippen molar-refractivity contribution in [1.82, 2.24) is 10.2 Å². The second-order valence-electron chi connectivity index (χ2n) is 7.68. The highest BCUT2D eigenvalue weighted by Gasteiger charge is 2.26. The normalized spacial score (nSPS) is 11.7. The number of rotatable bonds is 9. The maximum absolute atomic E-state index is 13.2. The molecule has 162 valence electrons. The Morgan fingerprint density at radius 1 is 1.00 bits per heavy atom. The number of aryl methyl sites for hydroxylation is 1. The van der Waals surface area contributed by atoms with Crippen molar-refractivity contribution < 1.29 is 14.3 Å². The number of hydrogen-bond donors (Lipinski definition) is 1. The van der Waals surface area contributed by atoms with Gasteiger partial charge in [-0.15, -0.1) is 0 Å². The van der Waals surface area contributed by atoms with Crippen LogP contribution >= 0.6 is 0 Å². The molecule has 0 heterocycles. The van der Waals surface area contributed by atoms with Crippen molar-refractivity contribution in [3.8, 4) is 5.75 Å². The molecule has 1 atom stereocenters. The molecule has 0 bridgehead atoms. The summed E-state index contributed by atoms with van der Waals surface area (Å²) in [5.41, 5.74) is 2.09. The van der Waals surface area contributed by atoms with Gasteiger partial charge in [-0.2, -0.15) is 0 Å². The fourth-order valence-corrected chi connectivity index (χ4v) is 3.49. The number of fused-ring (bicyclic) bond motifs is 1. The van der Waals surface area contributed by atoms with Gasteiger partial charge in [-0.1, -0.05) is 67.6 Å². The minimum atomic E-state index is -0.602. The molecule has 0 aromatic heterocycles. The maximum Gasteiger partial charge on any atom is 0.261 e. The van der Waals surface area contributed by atoms with Gasteiger partial charge in [0.15, 0.2) is 6.61 Å². The van der Waals surface area contributed by atoms with Crippen LogP contribution in [0.25, 0.3) is 10.8 Å². The molecule has 0 spiro atoms. The van der Waals surface area contributed by atoms with Gasteiger partial charge >= 0.3 is 0 Å². The van der Waals surface area contributed by atoms with Crippen LogP contribution in [-0.2, 0) is 16.1 Å². The summed E-state index contributed by atoms with van der Waals surface area (Å²) in [6.07, 6.45) is 0.842. The quantitative estimate of drug-likeness (QED) is 0.558. The Hall–Kier alpha value is -3.34. The zero-order valence-corrected chi connectivity index (χ0v) is 18.4. The average Bonchev–Trinajstić information content (AvgIpc) is 2.80. The monoisotopic (exact) mass is 418 g/mol. The first-order chi connectivity index (χ1) is 15.0. The van der Waals surface area contributed by atoms with Crippen molar-refractivity contribution >= 4 is 22.6 Å². The second kappa shape index (κ2) is 10.6. The number of carbonyl (C=O) groups is 2.